The minimum Gasteiger partial charge on any atom is -0.492 e. The van der Waals surface area contributed by atoms with Gasteiger partial charge in [0.15, 0.2) is 0 Å². The standard InChI is InChI=1S/C16H16BrCl2NO/c1-2-7-21-16-6-4-12(9-15(16)19)20-10-11-3-5-14(18)13(17)8-11/h3-6,8-9,20H,2,7,10H2,1H3. The average molecular weight is 389 g/mol. The Kier molecular flexibility index (Phi) is 6.22. The second kappa shape index (κ2) is 7.92. The molecule has 1 N–H and O–H groups in total. The van der Waals surface area contributed by atoms with E-state index in [1.807, 2.05) is 36.4 Å². The van der Waals surface area contributed by atoms with Crippen molar-refractivity contribution in [3.63, 3.8) is 0 Å². The number of hydrogen-bond donors (Lipinski definition) is 1. The molecule has 0 spiro atoms. The fourth-order valence-electron chi connectivity index (χ4n) is 1.79. The third-order valence-corrected chi connectivity index (χ3v) is 4.38. The van der Waals surface area contributed by atoms with Crippen molar-refractivity contribution in [3.05, 3.63) is 56.5 Å². The summed E-state index contributed by atoms with van der Waals surface area (Å²) in [6.07, 6.45) is 0.960. The summed E-state index contributed by atoms with van der Waals surface area (Å²) in [6.45, 7) is 3.43. The molecule has 0 saturated heterocycles. The molecule has 0 aliphatic carbocycles. The summed E-state index contributed by atoms with van der Waals surface area (Å²) in [5.41, 5.74) is 2.09. The van der Waals surface area contributed by atoms with Gasteiger partial charge in [-0.1, -0.05) is 36.2 Å². The van der Waals surface area contributed by atoms with E-state index in [2.05, 4.69) is 28.2 Å². The molecular weight excluding hydrogens is 373 g/mol. The Bertz CT molecular complexity index is 619. The molecule has 2 aromatic rings. The maximum atomic E-state index is 6.20. The third-order valence-electron chi connectivity index (χ3n) is 2.87. The molecule has 0 atom stereocenters. The summed E-state index contributed by atoms with van der Waals surface area (Å²) in [6, 6.07) is 11.6. The van der Waals surface area contributed by atoms with Gasteiger partial charge < -0.3 is 10.1 Å². The smallest absolute Gasteiger partial charge is 0.138 e. The molecule has 5 heteroatoms. The van der Waals surface area contributed by atoms with Gasteiger partial charge in [-0.05, 0) is 58.2 Å². The van der Waals surface area contributed by atoms with Crippen molar-refractivity contribution >= 4 is 44.8 Å². The first-order valence-corrected chi connectivity index (χ1v) is 8.25. The molecule has 0 saturated carbocycles. The lowest BCUT2D eigenvalue weighted by molar-refractivity contribution is 0.317. The molecule has 0 aromatic heterocycles. The molecule has 0 unspecified atom stereocenters. The van der Waals surface area contributed by atoms with Crippen LogP contribution in [0.3, 0.4) is 0 Å². The highest BCUT2D eigenvalue weighted by atomic mass is 79.9. The van der Waals surface area contributed by atoms with Crippen LogP contribution in [-0.4, -0.2) is 6.61 Å². The van der Waals surface area contributed by atoms with Crippen molar-refractivity contribution in [2.75, 3.05) is 11.9 Å². The minimum absolute atomic E-state index is 0.616. The van der Waals surface area contributed by atoms with Gasteiger partial charge in [0.1, 0.15) is 5.75 Å². The Morgan fingerprint density at radius 2 is 1.90 bits per heavy atom. The van der Waals surface area contributed by atoms with Gasteiger partial charge in [0.05, 0.1) is 16.7 Å². The van der Waals surface area contributed by atoms with Crippen LogP contribution in [0.25, 0.3) is 0 Å². The van der Waals surface area contributed by atoms with Gasteiger partial charge in [-0.25, -0.2) is 0 Å². The Morgan fingerprint density at radius 1 is 1.10 bits per heavy atom. The number of halogens is 3. The normalized spacial score (nSPS) is 10.5. The fraction of sp³-hybridized carbons (Fsp3) is 0.250. The molecule has 0 aliphatic rings. The van der Waals surface area contributed by atoms with E-state index in [4.69, 9.17) is 27.9 Å². The summed E-state index contributed by atoms with van der Waals surface area (Å²) in [5, 5.41) is 4.65. The van der Waals surface area contributed by atoms with E-state index in [1.165, 1.54) is 0 Å². The van der Waals surface area contributed by atoms with Gasteiger partial charge in [-0.15, -0.1) is 0 Å². The highest BCUT2D eigenvalue weighted by molar-refractivity contribution is 9.10. The van der Waals surface area contributed by atoms with Crippen LogP contribution in [0.4, 0.5) is 5.69 Å². The van der Waals surface area contributed by atoms with Crippen molar-refractivity contribution in [2.45, 2.75) is 19.9 Å². The van der Waals surface area contributed by atoms with E-state index < -0.39 is 0 Å². The minimum atomic E-state index is 0.616. The summed E-state index contributed by atoms with van der Waals surface area (Å²) in [5.74, 6) is 0.721. The SMILES string of the molecule is CCCOc1ccc(NCc2ccc(Cl)c(Br)c2)cc1Cl. The molecule has 0 radical (unpaired) electrons. The van der Waals surface area contributed by atoms with E-state index in [0.29, 0.717) is 23.2 Å². The molecule has 112 valence electrons. The first-order chi connectivity index (χ1) is 10.1. The van der Waals surface area contributed by atoms with E-state index >= 15 is 0 Å². The molecule has 0 aliphatic heterocycles. The van der Waals surface area contributed by atoms with Gasteiger partial charge in [0.25, 0.3) is 0 Å². The number of anilines is 1. The first kappa shape index (κ1) is 16.5. The van der Waals surface area contributed by atoms with Crippen molar-refractivity contribution < 1.29 is 4.74 Å². The number of ether oxygens (including phenoxy) is 1. The van der Waals surface area contributed by atoms with Crippen LogP contribution in [0.1, 0.15) is 18.9 Å². The largest absolute Gasteiger partial charge is 0.492 e. The van der Waals surface area contributed by atoms with Gasteiger partial charge in [0, 0.05) is 16.7 Å². The van der Waals surface area contributed by atoms with Crippen LogP contribution < -0.4 is 10.1 Å². The summed E-state index contributed by atoms with van der Waals surface area (Å²) < 4.78 is 6.45. The van der Waals surface area contributed by atoms with Crippen LogP contribution in [-0.2, 0) is 6.54 Å². The number of nitrogens with one attached hydrogen (secondary N) is 1. The van der Waals surface area contributed by atoms with Gasteiger partial charge in [0.2, 0.25) is 0 Å². The topological polar surface area (TPSA) is 21.3 Å². The van der Waals surface area contributed by atoms with Crippen molar-refractivity contribution in [2.24, 2.45) is 0 Å². The third kappa shape index (κ3) is 4.80. The Morgan fingerprint density at radius 3 is 2.57 bits per heavy atom. The number of rotatable bonds is 6. The Balaban J connectivity index is 1.99. The van der Waals surface area contributed by atoms with E-state index in [1.54, 1.807) is 0 Å². The lowest BCUT2D eigenvalue weighted by Gasteiger charge is -2.11. The molecular formula is C16H16BrCl2NO. The highest BCUT2D eigenvalue weighted by Crippen LogP contribution is 2.28. The molecule has 0 heterocycles. The van der Waals surface area contributed by atoms with Crippen molar-refractivity contribution in [1.29, 1.82) is 0 Å². The zero-order chi connectivity index (χ0) is 15.2. The number of benzene rings is 2. The van der Waals surface area contributed by atoms with Crippen molar-refractivity contribution in [3.8, 4) is 5.75 Å². The van der Waals surface area contributed by atoms with Crippen LogP contribution in [0, 0.1) is 0 Å². The molecule has 2 rings (SSSR count). The zero-order valence-corrected chi connectivity index (χ0v) is 14.7. The fourth-order valence-corrected chi connectivity index (χ4v) is 2.57. The van der Waals surface area contributed by atoms with E-state index in [9.17, 15) is 0 Å². The molecule has 0 fully saturated rings. The average Bonchev–Trinajstić information content (AvgIpc) is 2.47. The predicted octanol–water partition coefficient (Wildman–Crippen LogP) is 6.16. The maximum absolute atomic E-state index is 6.20. The van der Waals surface area contributed by atoms with E-state index in [0.717, 1.165) is 27.9 Å². The van der Waals surface area contributed by atoms with Crippen LogP contribution in [0.15, 0.2) is 40.9 Å². The summed E-state index contributed by atoms with van der Waals surface area (Å²) in [7, 11) is 0. The van der Waals surface area contributed by atoms with Crippen LogP contribution >= 0.6 is 39.1 Å². The maximum Gasteiger partial charge on any atom is 0.138 e. The zero-order valence-electron chi connectivity index (χ0n) is 11.6. The lowest BCUT2D eigenvalue weighted by atomic mass is 10.2. The van der Waals surface area contributed by atoms with Gasteiger partial charge >= 0.3 is 0 Å². The monoisotopic (exact) mass is 387 g/mol. The quantitative estimate of drug-likeness (QED) is 0.639. The summed E-state index contributed by atoms with van der Waals surface area (Å²) >= 11 is 15.6. The first-order valence-electron chi connectivity index (χ1n) is 6.70. The molecule has 2 nitrogen and oxygen atoms in total. The highest BCUT2D eigenvalue weighted by Gasteiger charge is 2.04. The van der Waals surface area contributed by atoms with Crippen LogP contribution in [0.5, 0.6) is 5.75 Å². The lowest BCUT2D eigenvalue weighted by Crippen LogP contribution is -2.00. The second-order valence-corrected chi connectivity index (χ2v) is 6.26. The Hall–Kier alpha value is -0.900. The predicted molar refractivity (Wildman–Crippen MR) is 93.7 cm³/mol. The van der Waals surface area contributed by atoms with Gasteiger partial charge in [-0.3, -0.25) is 0 Å². The molecule has 0 bridgehead atoms. The molecule has 21 heavy (non-hydrogen) atoms. The molecule has 2 aromatic carbocycles. The number of hydrogen-bond acceptors (Lipinski definition) is 2. The summed E-state index contributed by atoms with van der Waals surface area (Å²) in [4.78, 5) is 0. The van der Waals surface area contributed by atoms with Gasteiger partial charge in [-0.2, -0.15) is 0 Å². The van der Waals surface area contributed by atoms with Crippen LogP contribution in [0.2, 0.25) is 10.0 Å². The molecule has 0 amide bonds. The Labute approximate surface area is 143 Å². The van der Waals surface area contributed by atoms with Crippen molar-refractivity contribution in [1.82, 2.24) is 0 Å². The second-order valence-electron chi connectivity index (χ2n) is 4.60. The van der Waals surface area contributed by atoms with E-state index in [-0.39, 0.29) is 0 Å².